The van der Waals surface area contributed by atoms with Crippen molar-refractivity contribution in [1.29, 1.82) is 0 Å². The monoisotopic (exact) mass is 275 g/mol. The molecule has 0 unspecified atom stereocenters. The van der Waals surface area contributed by atoms with E-state index in [9.17, 15) is 13.2 Å². The Labute approximate surface area is 110 Å². The second-order valence-electron chi connectivity index (χ2n) is 5.58. The molecule has 106 valence electrons. The predicted molar refractivity (Wildman–Crippen MR) is 73.1 cm³/mol. The fourth-order valence-electron chi connectivity index (χ4n) is 2.57. The molecule has 0 aromatic heterocycles. The lowest BCUT2D eigenvalue weighted by Gasteiger charge is -2.37. The first-order valence-corrected chi connectivity index (χ1v) is 8.61. The van der Waals surface area contributed by atoms with Crippen LogP contribution in [-0.2, 0) is 14.6 Å². The second-order valence-corrected chi connectivity index (χ2v) is 8.05. The molecule has 0 atom stereocenters. The molecule has 1 saturated carbocycles. The summed E-state index contributed by atoms with van der Waals surface area (Å²) in [5, 5.41) is 0. The number of carbonyl (C=O) groups excluding carboxylic acids is 1. The third kappa shape index (κ3) is 3.79. The molecule has 0 aliphatic heterocycles. The van der Waals surface area contributed by atoms with Gasteiger partial charge in [-0.25, -0.2) is 8.42 Å². The maximum Gasteiger partial charge on any atom is 0.150 e. The molecule has 18 heavy (non-hydrogen) atoms. The van der Waals surface area contributed by atoms with Crippen LogP contribution in [0.4, 0.5) is 0 Å². The first-order chi connectivity index (χ1) is 8.35. The number of hydrogen-bond acceptors (Lipinski definition) is 4. The van der Waals surface area contributed by atoms with Crippen LogP contribution in [0.25, 0.3) is 0 Å². The number of sulfone groups is 1. The zero-order valence-corrected chi connectivity index (χ0v) is 12.3. The van der Waals surface area contributed by atoms with Gasteiger partial charge in [-0.05, 0) is 31.6 Å². The third-order valence-electron chi connectivity index (χ3n) is 4.29. The topological polar surface area (TPSA) is 77.2 Å². The van der Waals surface area contributed by atoms with Crippen LogP contribution in [0.15, 0.2) is 0 Å². The van der Waals surface area contributed by atoms with E-state index in [1.165, 1.54) is 0 Å². The minimum absolute atomic E-state index is 0.0281. The van der Waals surface area contributed by atoms with Gasteiger partial charge in [0, 0.05) is 24.1 Å². The molecular formula is C13H25NO3S. The van der Waals surface area contributed by atoms with E-state index in [4.69, 9.17) is 5.73 Å². The lowest BCUT2D eigenvalue weighted by Crippen LogP contribution is -2.42. The van der Waals surface area contributed by atoms with E-state index >= 15 is 0 Å². The van der Waals surface area contributed by atoms with Gasteiger partial charge in [-0.3, -0.25) is 4.79 Å². The van der Waals surface area contributed by atoms with E-state index in [0.717, 1.165) is 25.7 Å². The Morgan fingerprint density at radius 2 is 1.89 bits per heavy atom. The van der Waals surface area contributed by atoms with Gasteiger partial charge < -0.3 is 5.73 Å². The molecule has 2 N–H and O–H groups in total. The Morgan fingerprint density at radius 3 is 2.33 bits per heavy atom. The molecule has 0 radical (unpaired) electrons. The maximum atomic E-state index is 12.3. The van der Waals surface area contributed by atoms with Crippen LogP contribution >= 0.6 is 0 Å². The van der Waals surface area contributed by atoms with Gasteiger partial charge in [0.25, 0.3) is 0 Å². The summed E-state index contributed by atoms with van der Waals surface area (Å²) in [6, 6.07) is 0. The summed E-state index contributed by atoms with van der Waals surface area (Å²) in [5.41, 5.74) is 5.34. The molecule has 1 fully saturated rings. The van der Waals surface area contributed by atoms with Crippen molar-refractivity contribution in [2.75, 3.05) is 18.1 Å². The number of rotatable bonds is 6. The summed E-state index contributed by atoms with van der Waals surface area (Å²) in [5.74, 6) is 0.776. The third-order valence-corrected chi connectivity index (χ3v) is 6.00. The van der Waals surface area contributed by atoms with E-state index in [1.807, 2.05) is 0 Å². The lowest BCUT2D eigenvalue weighted by atomic mass is 9.68. The van der Waals surface area contributed by atoms with Gasteiger partial charge in [-0.15, -0.1) is 0 Å². The highest BCUT2D eigenvalue weighted by Crippen LogP contribution is 2.39. The molecule has 5 heteroatoms. The zero-order valence-electron chi connectivity index (χ0n) is 11.4. The first kappa shape index (κ1) is 15.6. The number of Topliss-reactive ketones (excluding diaryl/α,β-unsaturated/α-hetero) is 1. The molecule has 0 amide bonds. The smallest absolute Gasteiger partial charge is 0.150 e. The van der Waals surface area contributed by atoms with Gasteiger partial charge >= 0.3 is 0 Å². The quantitative estimate of drug-likeness (QED) is 0.797. The first-order valence-electron chi connectivity index (χ1n) is 6.79. The van der Waals surface area contributed by atoms with E-state index in [1.54, 1.807) is 6.92 Å². The molecule has 0 saturated heterocycles. The van der Waals surface area contributed by atoms with Crippen molar-refractivity contribution in [2.45, 2.75) is 46.0 Å². The predicted octanol–water partition coefficient (Wildman–Crippen LogP) is 1.54. The molecule has 1 aliphatic rings. The molecule has 0 bridgehead atoms. The Hall–Kier alpha value is -0.420. The molecule has 0 spiro atoms. The Morgan fingerprint density at radius 1 is 1.33 bits per heavy atom. The highest BCUT2D eigenvalue weighted by molar-refractivity contribution is 7.91. The highest BCUT2D eigenvalue weighted by Gasteiger charge is 2.39. The van der Waals surface area contributed by atoms with E-state index in [0.29, 0.717) is 12.5 Å². The lowest BCUT2D eigenvalue weighted by molar-refractivity contribution is -0.130. The van der Waals surface area contributed by atoms with Gasteiger partial charge in [0.15, 0.2) is 0 Å². The minimum Gasteiger partial charge on any atom is -0.329 e. The van der Waals surface area contributed by atoms with Crippen molar-refractivity contribution in [3.05, 3.63) is 0 Å². The molecule has 0 heterocycles. The van der Waals surface area contributed by atoms with Gasteiger partial charge in [-0.1, -0.05) is 13.8 Å². The van der Waals surface area contributed by atoms with Crippen LogP contribution in [0.3, 0.4) is 0 Å². The Kier molecular flexibility index (Phi) is 5.34. The number of ketones is 1. The van der Waals surface area contributed by atoms with Crippen molar-refractivity contribution in [1.82, 2.24) is 0 Å². The molecular weight excluding hydrogens is 250 g/mol. The van der Waals surface area contributed by atoms with E-state index in [2.05, 4.69) is 6.92 Å². The Balaban J connectivity index is 2.63. The maximum absolute atomic E-state index is 12.3. The zero-order chi connectivity index (χ0) is 13.8. The van der Waals surface area contributed by atoms with Crippen LogP contribution in [0.5, 0.6) is 0 Å². The SMILES string of the molecule is CCS(=O)(=O)CCC(=O)C1(CN)CCC(C)CC1. The van der Waals surface area contributed by atoms with E-state index in [-0.39, 0.29) is 23.7 Å². The van der Waals surface area contributed by atoms with Crippen LogP contribution in [0.2, 0.25) is 0 Å². The average Bonchev–Trinajstić information content (AvgIpc) is 2.37. The summed E-state index contributed by atoms with van der Waals surface area (Å²) in [6.07, 6.45) is 3.79. The largest absolute Gasteiger partial charge is 0.329 e. The van der Waals surface area contributed by atoms with Gasteiger partial charge in [-0.2, -0.15) is 0 Å². The summed E-state index contributed by atoms with van der Waals surface area (Å²) in [7, 11) is -3.06. The summed E-state index contributed by atoms with van der Waals surface area (Å²) < 4.78 is 22.9. The Bertz CT molecular complexity index is 381. The molecule has 0 aromatic rings. The standard InChI is InChI=1S/C13H25NO3S/c1-3-18(16,17)9-6-12(15)13(10-14)7-4-11(2)5-8-13/h11H,3-10,14H2,1-2H3. The molecule has 1 rings (SSSR count). The number of nitrogens with two attached hydrogens (primary N) is 1. The number of hydrogen-bond donors (Lipinski definition) is 1. The van der Waals surface area contributed by atoms with Gasteiger partial charge in [0.2, 0.25) is 0 Å². The van der Waals surface area contributed by atoms with Crippen LogP contribution in [0.1, 0.15) is 46.0 Å². The van der Waals surface area contributed by atoms with Crippen molar-refractivity contribution < 1.29 is 13.2 Å². The number of carbonyl (C=O) groups is 1. The highest BCUT2D eigenvalue weighted by atomic mass is 32.2. The van der Waals surface area contributed by atoms with Crippen LogP contribution in [0, 0.1) is 11.3 Å². The normalized spacial score (nSPS) is 29.2. The van der Waals surface area contributed by atoms with Crippen molar-refractivity contribution in [2.24, 2.45) is 17.1 Å². The second kappa shape index (κ2) is 6.15. The molecule has 4 nitrogen and oxygen atoms in total. The summed E-state index contributed by atoms with van der Waals surface area (Å²) in [6.45, 7) is 4.15. The van der Waals surface area contributed by atoms with E-state index < -0.39 is 15.3 Å². The van der Waals surface area contributed by atoms with Crippen molar-refractivity contribution in [3.8, 4) is 0 Å². The van der Waals surface area contributed by atoms with Gasteiger partial charge in [0.05, 0.1) is 5.75 Å². The van der Waals surface area contributed by atoms with Crippen molar-refractivity contribution in [3.63, 3.8) is 0 Å². The van der Waals surface area contributed by atoms with Crippen molar-refractivity contribution >= 4 is 15.6 Å². The summed E-state index contributed by atoms with van der Waals surface area (Å²) >= 11 is 0. The minimum atomic E-state index is -3.06. The van der Waals surface area contributed by atoms with Crippen LogP contribution in [-0.4, -0.2) is 32.3 Å². The average molecular weight is 275 g/mol. The van der Waals surface area contributed by atoms with Gasteiger partial charge in [0.1, 0.15) is 15.6 Å². The molecule has 0 aromatic carbocycles. The fourth-order valence-corrected chi connectivity index (χ4v) is 3.35. The molecule has 1 aliphatic carbocycles. The fraction of sp³-hybridized carbons (Fsp3) is 0.923. The van der Waals surface area contributed by atoms with Crippen LogP contribution < -0.4 is 5.73 Å². The summed E-state index contributed by atoms with van der Waals surface area (Å²) in [4.78, 5) is 12.3.